The second-order valence-electron chi connectivity index (χ2n) is 3.09. The Morgan fingerprint density at radius 2 is 2.31 bits per heavy atom. The number of aliphatic carboxylic acids is 1. The van der Waals surface area contributed by atoms with Crippen LogP contribution in [0.3, 0.4) is 0 Å². The second-order valence-corrected chi connectivity index (χ2v) is 3.09. The van der Waals surface area contributed by atoms with Crippen LogP contribution in [-0.4, -0.2) is 36.3 Å². The van der Waals surface area contributed by atoms with E-state index >= 15 is 0 Å². The summed E-state index contributed by atoms with van der Waals surface area (Å²) < 4.78 is 1.43. The van der Waals surface area contributed by atoms with E-state index in [2.05, 4.69) is 20.5 Å². The van der Waals surface area contributed by atoms with E-state index < -0.39 is 5.97 Å². The van der Waals surface area contributed by atoms with Gasteiger partial charge in [-0.05, 0) is 22.6 Å². The lowest BCUT2D eigenvalue weighted by molar-refractivity contribution is -0.137. The van der Waals surface area contributed by atoms with E-state index in [0.29, 0.717) is 11.6 Å². The topological polar surface area (TPSA) is 93.8 Å². The maximum Gasteiger partial charge on any atom is 0.303 e. The van der Waals surface area contributed by atoms with Gasteiger partial charge in [-0.1, -0.05) is 6.07 Å². The Morgan fingerprint density at radius 1 is 1.44 bits per heavy atom. The summed E-state index contributed by atoms with van der Waals surface area (Å²) in [5.74, 6) is 0.185. The number of rotatable bonds is 4. The van der Waals surface area contributed by atoms with Crippen molar-refractivity contribution in [3.8, 4) is 5.82 Å². The lowest BCUT2D eigenvalue weighted by Crippen LogP contribution is -2.07. The van der Waals surface area contributed by atoms with Gasteiger partial charge in [0.05, 0.1) is 6.42 Å². The summed E-state index contributed by atoms with van der Waals surface area (Å²) in [6.45, 7) is 0. The van der Waals surface area contributed by atoms with Crippen LogP contribution in [0.15, 0.2) is 24.4 Å². The number of carbonyl (C=O) groups is 1. The van der Waals surface area contributed by atoms with Crippen molar-refractivity contribution in [3.05, 3.63) is 30.2 Å². The number of carboxylic acid groups (broad SMARTS) is 1. The van der Waals surface area contributed by atoms with Crippen LogP contribution >= 0.6 is 0 Å². The van der Waals surface area contributed by atoms with E-state index in [9.17, 15) is 4.79 Å². The summed E-state index contributed by atoms with van der Waals surface area (Å²) in [6.07, 6.45) is 1.89. The van der Waals surface area contributed by atoms with Crippen molar-refractivity contribution in [2.75, 3.05) is 0 Å². The van der Waals surface area contributed by atoms with Crippen LogP contribution in [0.1, 0.15) is 12.2 Å². The van der Waals surface area contributed by atoms with Crippen molar-refractivity contribution in [2.24, 2.45) is 0 Å². The van der Waals surface area contributed by atoms with E-state index in [1.165, 1.54) is 4.68 Å². The molecule has 0 aliphatic rings. The molecule has 7 nitrogen and oxygen atoms in total. The van der Waals surface area contributed by atoms with Gasteiger partial charge in [0.2, 0.25) is 0 Å². The van der Waals surface area contributed by atoms with Gasteiger partial charge in [0.15, 0.2) is 11.6 Å². The van der Waals surface area contributed by atoms with Crippen LogP contribution in [0.2, 0.25) is 0 Å². The molecule has 0 fully saturated rings. The summed E-state index contributed by atoms with van der Waals surface area (Å²) in [6, 6.07) is 5.34. The van der Waals surface area contributed by atoms with Gasteiger partial charge in [0.25, 0.3) is 0 Å². The molecule has 1 N–H and O–H groups in total. The molecule has 0 radical (unpaired) electrons. The number of hydrogen-bond acceptors (Lipinski definition) is 5. The summed E-state index contributed by atoms with van der Waals surface area (Å²) in [4.78, 5) is 14.5. The number of aryl methyl sites for hydroxylation is 1. The maximum absolute atomic E-state index is 10.4. The highest BCUT2D eigenvalue weighted by molar-refractivity contribution is 5.66. The fraction of sp³-hybridized carbons (Fsp3) is 0.222. The number of tetrazole rings is 1. The van der Waals surface area contributed by atoms with E-state index in [4.69, 9.17) is 5.11 Å². The second kappa shape index (κ2) is 4.47. The molecule has 2 rings (SSSR count). The largest absolute Gasteiger partial charge is 0.481 e. The Hall–Kier alpha value is -2.31. The van der Waals surface area contributed by atoms with Crippen LogP contribution in [0.5, 0.6) is 0 Å². The Labute approximate surface area is 90.7 Å². The molecule has 82 valence electrons. The molecule has 0 aliphatic heterocycles. The number of carboxylic acids is 1. The smallest absolute Gasteiger partial charge is 0.303 e. The highest BCUT2D eigenvalue weighted by Crippen LogP contribution is 2.05. The average molecular weight is 219 g/mol. The molecule has 7 heteroatoms. The number of aromatic nitrogens is 5. The third-order valence-electron chi connectivity index (χ3n) is 1.96. The van der Waals surface area contributed by atoms with Crippen molar-refractivity contribution in [1.82, 2.24) is 25.2 Å². The normalized spacial score (nSPS) is 10.2. The molecular formula is C9H9N5O2. The minimum atomic E-state index is -0.879. The molecule has 0 aliphatic carbocycles. The van der Waals surface area contributed by atoms with Gasteiger partial charge in [0.1, 0.15) is 0 Å². The Kier molecular flexibility index (Phi) is 2.86. The molecule has 0 bridgehead atoms. The van der Waals surface area contributed by atoms with E-state index in [-0.39, 0.29) is 12.8 Å². The van der Waals surface area contributed by atoms with Crippen LogP contribution < -0.4 is 0 Å². The summed E-state index contributed by atoms with van der Waals surface area (Å²) in [5.41, 5.74) is 0. The van der Waals surface area contributed by atoms with E-state index in [0.717, 1.165) is 0 Å². The predicted molar refractivity (Wildman–Crippen MR) is 52.9 cm³/mol. The van der Waals surface area contributed by atoms with Gasteiger partial charge in [-0.3, -0.25) is 4.79 Å². The molecule has 0 saturated heterocycles. The third-order valence-corrected chi connectivity index (χ3v) is 1.96. The van der Waals surface area contributed by atoms with Gasteiger partial charge in [-0.2, -0.15) is 4.68 Å². The van der Waals surface area contributed by atoms with Crippen LogP contribution in [0.4, 0.5) is 0 Å². The van der Waals surface area contributed by atoms with Gasteiger partial charge >= 0.3 is 5.97 Å². The maximum atomic E-state index is 10.4. The zero-order chi connectivity index (χ0) is 11.4. The fourth-order valence-corrected chi connectivity index (χ4v) is 1.24. The Balaban J connectivity index is 2.23. The average Bonchev–Trinajstić information content (AvgIpc) is 2.75. The highest BCUT2D eigenvalue weighted by atomic mass is 16.4. The fourth-order valence-electron chi connectivity index (χ4n) is 1.24. The zero-order valence-corrected chi connectivity index (χ0v) is 8.32. The molecule has 0 amide bonds. The molecule has 2 heterocycles. The molecular weight excluding hydrogens is 210 g/mol. The van der Waals surface area contributed by atoms with Crippen molar-refractivity contribution in [2.45, 2.75) is 12.8 Å². The van der Waals surface area contributed by atoms with Crippen LogP contribution in [-0.2, 0) is 11.2 Å². The number of hydrogen-bond donors (Lipinski definition) is 1. The van der Waals surface area contributed by atoms with Crippen molar-refractivity contribution < 1.29 is 9.90 Å². The first-order valence-electron chi connectivity index (χ1n) is 4.68. The Morgan fingerprint density at radius 3 is 3.00 bits per heavy atom. The lowest BCUT2D eigenvalue weighted by Gasteiger charge is -2.01. The Bertz CT molecular complexity index is 482. The van der Waals surface area contributed by atoms with Gasteiger partial charge in [-0.15, -0.1) is 5.10 Å². The van der Waals surface area contributed by atoms with Crippen LogP contribution in [0.25, 0.3) is 5.82 Å². The SMILES string of the molecule is O=C(O)CCc1nnnn1-c1ccccn1. The molecule has 0 atom stereocenters. The number of pyridine rings is 1. The zero-order valence-electron chi connectivity index (χ0n) is 8.32. The molecule has 0 saturated carbocycles. The molecule has 0 aromatic carbocycles. The molecule has 2 aromatic rings. The van der Waals surface area contributed by atoms with Crippen LogP contribution in [0, 0.1) is 0 Å². The van der Waals surface area contributed by atoms with Gasteiger partial charge in [-0.25, -0.2) is 4.98 Å². The van der Waals surface area contributed by atoms with Gasteiger partial charge in [0, 0.05) is 12.6 Å². The monoisotopic (exact) mass is 219 g/mol. The number of nitrogens with zero attached hydrogens (tertiary/aromatic N) is 5. The first-order chi connectivity index (χ1) is 7.77. The molecule has 16 heavy (non-hydrogen) atoms. The highest BCUT2D eigenvalue weighted by Gasteiger charge is 2.10. The minimum absolute atomic E-state index is 0.00674. The minimum Gasteiger partial charge on any atom is -0.481 e. The first kappa shape index (κ1) is 10.2. The molecule has 0 spiro atoms. The van der Waals surface area contributed by atoms with Crippen molar-refractivity contribution in [1.29, 1.82) is 0 Å². The summed E-state index contributed by atoms with van der Waals surface area (Å²) in [7, 11) is 0. The molecule has 2 aromatic heterocycles. The van der Waals surface area contributed by atoms with Crippen molar-refractivity contribution in [3.63, 3.8) is 0 Å². The van der Waals surface area contributed by atoms with E-state index in [1.54, 1.807) is 18.3 Å². The molecule has 0 unspecified atom stereocenters. The quantitative estimate of drug-likeness (QED) is 0.782. The van der Waals surface area contributed by atoms with Crippen molar-refractivity contribution >= 4 is 5.97 Å². The lowest BCUT2D eigenvalue weighted by atomic mass is 10.3. The summed E-state index contributed by atoms with van der Waals surface area (Å²) in [5, 5.41) is 19.6. The predicted octanol–water partition coefficient (Wildman–Crippen LogP) is 0.0745. The summed E-state index contributed by atoms with van der Waals surface area (Å²) >= 11 is 0. The van der Waals surface area contributed by atoms with E-state index in [1.807, 2.05) is 6.07 Å². The standard InChI is InChI=1S/C9H9N5O2/c15-9(16)5-4-8-11-12-13-14(8)7-3-1-2-6-10-7/h1-3,6H,4-5H2,(H,15,16). The van der Waals surface area contributed by atoms with Gasteiger partial charge < -0.3 is 5.11 Å². The first-order valence-corrected chi connectivity index (χ1v) is 4.68. The third kappa shape index (κ3) is 2.19.